The summed E-state index contributed by atoms with van der Waals surface area (Å²) in [6.45, 7) is 2.30. The maximum atomic E-state index is 13.3. The molecule has 0 aliphatic heterocycles. The van der Waals surface area contributed by atoms with E-state index in [1.54, 1.807) is 24.4 Å². The number of nitrogen functional groups attached to an aromatic ring is 1. The largest absolute Gasteiger partial charge is 0.382 e. The second kappa shape index (κ2) is 10.4. The Kier molecular flexibility index (Phi) is 6.63. The van der Waals surface area contributed by atoms with Crippen LogP contribution in [0.2, 0.25) is 0 Å². The molecule has 3 heterocycles. The van der Waals surface area contributed by atoms with Crippen molar-refractivity contribution in [3.8, 4) is 16.8 Å². The molecule has 1 aliphatic rings. The molecule has 0 unspecified atom stereocenters. The molecule has 0 bridgehead atoms. The SMILES string of the molecule is C[C@H]1CC[C@H](c2cc(-c3ccc(NC(=O)c4cccn(-c5ccc(F)cc5)c4=O)cc3)c3c(N)ncnn32)CC1. The average Bonchev–Trinajstić information content (AvgIpc) is 3.35. The summed E-state index contributed by atoms with van der Waals surface area (Å²) in [5.41, 5.74) is 10.6. The van der Waals surface area contributed by atoms with Gasteiger partial charge in [0, 0.05) is 34.7 Å². The van der Waals surface area contributed by atoms with Gasteiger partial charge in [0.2, 0.25) is 0 Å². The predicted octanol–water partition coefficient (Wildman–Crippen LogP) is 5.81. The number of aromatic nitrogens is 4. The number of pyridine rings is 1. The molecule has 1 saturated carbocycles. The number of halogens is 1. The molecule has 202 valence electrons. The third-order valence-corrected chi connectivity index (χ3v) is 7.79. The Morgan fingerprint density at radius 3 is 2.48 bits per heavy atom. The van der Waals surface area contributed by atoms with E-state index in [2.05, 4.69) is 28.4 Å². The molecule has 0 atom stereocenters. The van der Waals surface area contributed by atoms with Gasteiger partial charge in [-0.3, -0.25) is 14.2 Å². The van der Waals surface area contributed by atoms with Crippen LogP contribution < -0.4 is 16.6 Å². The van der Waals surface area contributed by atoms with Crippen LogP contribution in [-0.4, -0.2) is 25.1 Å². The molecule has 0 spiro atoms. The number of rotatable bonds is 5. The molecule has 2 aromatic carbocycles. The summed E-state index contributed by atoms with van der Waals surface area (Å²) >= 11 is 0. The van der Waals surface area contributed by atoms with Gasteiger partial charge in [-0.15, -0.1) is 0 Å². The van der Waals surface area contributed by atoms with Crippen LogP contribution in [0.25, 0.3) is 22.3 Å². The molecule has 8 nitrogen and oxygen atoms in total. The molecule has 5 aromatic rings. The van der Waals surface area contributed by atoms with E-state index in [0.717, 1.165) is 41.1 Å². The Bertz CT molecular complexity index is 1750. The summed E-state index contributed by atoms with van der Waals surface area (Å²) in [7, 11) is 0. The molecular weight excluding hydrogens is 507 g/mol. The van der Waals surface area contributed by atoms with Crippen molar-refractivity contribution in [3.63, 3.8) is 0 Å². The van der Waals surface area contributed by atoms with E-state index >= 15 is 0 Å². The first kappa shape index (κ1) is 25.5. The number of carbonyl (C=O) groups is 1. The van der Waals surface area contributed by atoms with E-state index in [9.17, 15) is 14.0 Å². The van der Waals surface area contributed by atoms with Crippen LogP contribution in [-0.2, 0) is 0 Å². The molecule has 40 heavy (non-hydrogen) atoms. The van der Waals surface area contributed by atoms with Crippen LogP contribution in [0.4, 0.5) is 15.9 Å². The summed E-state index contributed by atoms with van der Waals surface area (Å²) in [5, 5.41) is 7.34. The van der Waals surface area contributed by atoms with Gasteiger partial charge in [0.05, 0.1) is 0 Å². The summed E-state index contributed by atoms with van der Waals surface area (Å²) in [6.07, 6.45) is 7.65. The highest BCUT2D eigenvalue weighted by Crippen LogP contribution is 2.40. The van der Waals surface area contributed by atoms with Gasteiger partial charge in [0.15, 0.2) is 5.82 Å². The van der Waals surface area contributed by atoms with Crippen LogP contribution >= 0.6 is 0 Å². The molecular formula is C31H29FN6O2. The molecule has 1 fully saturated rings. The lowest BCUT2D eigenvalue weighted by Gasteiger charge is -2.25. The topological polar surface area (TPSA) is 107 Å². The molecule has 1 amide bonds. The second-order valence-corrected chi connectivity index (χ2v) is 10.5. The average molecular weight is 537 g/mol. The lowest BCUT2D eigenvalue weighted by Crippen LogP contribution is -2.27. The van der Waals surface area contributed by atoms with Crippen LogP contribution in [0.1, 0.15) is 54.6 Å². The van der Waals surface area contributed by atoms with Gasteiger partial charge in [-0.05, 0) is 78.9 Å². The third-order valence-electron chi connectivity index (χ3n) is 7.79. The van der Waals surface area contributed by atoms with E-state index in [1.165, 1.54) is 54.1 Å². The van der Waals surface area contributed by atoms with Crippen LogP contribution in [0, 0.1) is 11.7 Å². The Morgan fingerprint density at radius 2 is 1.75 bits per heavy atom. The van der Waals surface area contributed by atoms with Crippen molar-refractivity contribution in [2.75, 3.05) is 11.1 Å². The minimum absolute atomic E-state index is 0.0225. The van der Waals surface area contributed by atoms with Gasteiger partial charge in [-0.1, -0.05) is 31.9 Å². The normalized spacial score (nSPS) is 17.1. The number of benzene rings is 2. The first-order valence-electron chi connectivity index (χ1n) is 13.4. The smallest absolute Gasteiger partial charge is 0.267 e. The van der Waals surface area contributed by atoms with Gasteiger partial charge < -0.3 is 11.1 Å². The highest BCUT2D eigenvalue weighted by atomic mass is 19.1. The molecule has 0 saturated heterocycles. The molecule has 1 aliphatic carbocycles. The minimum Gasteiger partial charge on any atom is -0.382 e. The number of hydrogen-bond acceptors (Lipinski definition) is 5. The van der Waals surface area contributed by atoms with Gasteiger partial charge >= 0.3 is 0 Å². The summed E-state index contributed by atoms with van der Waals surface area (Å²) in [4.78, 5) is 30.3. The van der Waals surface area contributed by atoms with Crippen molar-refractivity contribution < 1.29 is 9.18 Å². The quantitative estimate of drug-likeness (QED) is 0.295. The van der Waals surface area contributed by atoms with E-state index < -0.39 is 17.3 Å². The monoisotopic (exact) mass is 536 g/mol. The lowest BCUT2D eigenvalue weighted by atomic mass is 9.81. The Hall–Kier alpha value is -4.79. The number of nitrogens with one attached hydrogen (secondary N) is 1. The minimum atomic E-state index is -0.532. The zero-order chi connectivity index (χ0) is 27.8. The standard InChI is InChI=1S/C31H29FN6O2/c1-19-4-6-21(7-5-19)27-17-26(28-29(33)34-18-35-38(27)28)20-8-12-23(13-9-20)36-30(39)25-3-2-16-37(31(25)40)24-14-10-22(32)11-15-24/h2-3,8-19,21H,4-7H2,1H3,(H,36,39)(H2,33,34,35)/t19-,21-. The van der Waals surface area contributed by atoms with Gasteiger partial charge in [-0.25, -0.2) is 13.9 Å². The van der Waals surface area contributed by atoms with Crippen molar-refractivity contribution in [1.29, 1.82) is 0 Å². The number of anilines is 2. The van der Waals surface area contributed by atoms with Crippen molar-refractivity contribution in [2.24, 2.45) is 5.92 Å². The number of amides is 1. The van der Waals surface area contributed by atoms with Gasteiger partial charge in [0.1, 0.15) is 23.2 Å². The van der Waals surface area contributed by atoms with Crippen LogP contribution in [0.5, 0.6) is 0 Å². The molecule has 3 aromatic heterocycles. The maximum Gasteiger partial charge on any atom is 0.267 e. The lowest BCUT2D eigenvalue weighted by molar-refractivity contribution is 0.102. The molecule has 6 rings (SSSR count). The Morgan fingerprint density at radius 1 is 1.02 bits per heavy atom. The third kappa shape index (κ3) is 4.75. The molecule has 0 radical (unpaired) electrons. The number of carbonyl (C=O) groups excluding carboxylic acids is 1. The zero-order valence-electron chi connectivity index (χ0n) is 22.0. The molecule has 3 N–H and O–H groups in total. The Labute approximate surface area is 230 Å². The maximum absolute atomic E-state index is 13.3. The number of nitrogens with zero attached hydrogens (tertiary/aromatic N) is 4. The first-order valence-corrected chi connectivity index (χ1v) is 13.4. The van der Waals surface area contributed by atoms with Crippen molar-refractivity contribution in [3.05, 3.63) is 107 Å². The fraction of sp³-hybridized carbons (Fsp3) is 0.226. The first-order chi connectivity index (χ1) is 19.4. The highest BCUT2D eigenvalue weighted by molar-refractivity contribution is 6.04. The number of fused-ring (bicyclic) bond motifs is 1. The summed E-state index contributed by atoms with van der Waals surface area (Å²) < 4.78 is 16.6. The summed E-state index contributed by atoms with van der Waals surface area (Å²) in [5.74, 6) is 0.632. The van der Waals surface area contributed by atoms with Crippen molar-refractivity contribution in [2.45, 2.75) is 38.5 Å². The summed E-state index contributed by atoms with van der Waals surface area (Å²) in [6, 6.07) is 18.1. The van der Waals surface area contributed by atoms with E-state index in [0.29, 0.717) is 23.1 Å². The van der Waals surface area contributed by atoms with Crippen molar-refractivity contribution >= 4 is 22.9 Å². The van der Waals surface area contributed by atoms with E-state index in [1.807, 2.05) is 16.6 Å². The fourth-order valence-electron chi connectivity index (χ4n) is 5.56. The number of hydrogen-bond donors (Lipinski definition) is 2. The predicted molar refractivity (Wildman–Crippen MR) is 153 cm³/mol. The Balaban J connectivity index is 1.27. The second-order valence-electron chi connectivity index (χ2n) is 10.5. The van der Waals surface area contributed by atoms with Crippen molar-refractivity contribution in [1.82, 2.24) is 19.2 Å². The van der Waals surface area contributed by atoms with E-state index in [4.69, 9.17) is 5.73 Å². The fourth-order valence-corrected chi connectivity index (χ4v) is 5.56. The molecule has 9 heteroatoms. The van der Waals surface area contributed by atoms with Crippen LogP contribution in [0.3, 0.4) is 0 Å². The van der Waals surface area contributed by atoms with Gasteiger partial charge in [-0.2, -0.15) is 5.10 Å². The van der Waals surface area contributed by atoms with Gasteiger partial charge in [0.25, 0.3) is 11.5 Å². The van der Waals surface area contributed by atoms with E-state index in [-0.39, 0.29) is 5.56 Å². The number of nitrogens with two attached hydrogens (primary N) is 1. The zero-order valence-corrected chi connectivity index (χ0v) is 22.0. The highest BCUT2D eigenvalue weighted by Gasteiger charge is 2.25. The van der Waals surface area contributed by atoms with Crippen LogP contribution in [0.15, 0.2) is 84.0 Å².